The van der Waals surface area contributed by atoms with Gasteiger partial charge in [-0.3, -0.25) is 0 Å². The Balaban J connectivity index is 2.34. The van der Waals surface area contributed by atoms with E-state index in [1.54, 1.807) is 0 Å². The van der Waals surface area contributed by atoms with Crippen LogP contribution in [0.15, 0.2) is 6.20 Å². The zero-order valence-electron chi connectivity index (χ0n) is 10.1. The molecule has 0 saturated carbocycles. The zero-order chi connectivity index (χ0) is 11.1. The summed E-state index contributed by atoms with van der Waals surface area (Å²) in [5, 5.41) is 4.41. The van der Waals surface area contributed by atoms with Gasteiger partial charge in [-0.1, -0.05) is 27.7 Å². The van der Waals surface area contributed by atoms with Gasteiger partial charge in [0.1, 0.15) is 0 Å². The van der Waals surface area contributed by atoms with Crippen LogP contribution in [0.3, 0.4) is 0 Å². The lowest BCUT2D eigenvalue weighted by Crippen LogP contribution is -2.14. The molecule has 0 bridgehead atoms. The highest BCUT2D eigenvalue weighted by Crippen LogP contribution is 2.33. The van der Waals surface area contributed by atoms with Gasteiger partial charge in [-0.25, -0.2) is 4.68 Å². The first-order valence-electron chi connectivity index (χ1n) is 5.67. The summed E-state index contributed by atoms with van der Waals surface area (Å²) < 4.78 is 7.86. The third kappa shape index (κ3) is 2.01. The molecular weight excluding hydrogens is 188 g/mol. The summed E-state index contributed by atoms with van der Waals surface area (Å²) in [6, 6.07) is 0. The van der Waals surface area contributed by atoms with Gasteiger partial charge in [0, 0.05) is 12.1 Å². The lowest BCUT2D eigenvalue weighted by atomic mass is 9.89. The van der Waals surface area contributed by atoms with Crippen molar-refractivity contribution in [3.63, 3.8) is 0 Å². The number of fused-ring (bicyclic) bond motifs is 1. The summed E-state index contributed by atoms with van der Waals surface area (Å²) in [4.78, 5) is 0. The number of aryl methyl sites for hydroxylation is 1. The maximum atomic E-state index is 5.86. The number of nitrogens with zero attached hydrogens (tertiary/aromatic N) is 2. The van der Waals surface area contributed by atoms with Crippen LogP contribution in [0.2, 0.25) is 0 Å². The molecule has 0 N–H and O–H groups in total. The van der Waals surface area contributed by atoms with Crippen LogP contribution in [0.25, 0.3) is 0 Å². The molecule has 1 atom stereocenters. The third-order valence-corrected chi connectivity index (χ3v) is 2.94. The minimum absolute atomic E-state index is 0.112. The molecule has 0 fully saturated rings. The van der Waals surface area contributed by atoms with Crippen molar-refractivity contribution in [1.29, 1.82) is 0 Å². The number of ether oxygens (including phenoxy) is 1. The van der Waals surface area contributed by atoms with E-state index >= 15 is 0 Å². The van der Waals surface area contributed by atoms with Crippen molar-refractivity contribution in [2.45, 2.75) is 46.1 Å². The molecule has 1 aliphatic heterocycles. The van der Waals surface area contributed by atoms with Gasteiger partial charge in [0.25, 0.3) is 0 Å². The molecule has 0 spiro atoms. The molecule has 3 nitrogen and oxygen atoms in total. The molecule has 0 saturated heterocycles. The summed E-state index contributed by atoms with van der Waals surface area (Å²) in [5.74, 6) is 1.60. The Morgan fingerprint density at radius 3 is 2.87 bits per heavy atom. The molecular formula is C12H20N2O. The summed E-state index contributed by atoms with van der Waals surface area (Å²) >= 11 is 0. The number of rotatable bonds is 0. The van der Waals surface area contributed by atoms with E-state index in [1.165, 1.54) is 5.56 Å². The van der Waals surface area contributed by atoms with Gasteiger partial charge in [0.15, 0.2) is 0 Å². The van der Waals surface area contributed by atoms with Crippen LogP contribution in [0.5, 0.6) is 5.88 Å². The Labute approximate surface area is 91.4 Å². The predicted octanol–water partition coefficient (Wildman–Crippen LogP) is 2.60. The molecule has 1 unspecified atom stereocenters. The summed E-state index contributed by atoms with van der Waals surface area (Å²) in [6.45, 7) is 10.6. The van der Waals surface area contributed by atoms with E-state index in [0.29, 0.717) is 5.92 Å². The van der Waals surface area contributed by atoms with Gasteiger partial charge < -0.3 is 4.74 Å². The fraction of sp³-hybridized carbons (Fsp3) is 0.750. The lowest BCUT2D eigenvalue weighted by molar-refractivity contribution is 0.255. The average Bonchev–Trinajstić information content (AvgIpc) is 2.46. The second-order valence-corrected chi connectivity index (χ2v) is 5.54. The maximum Gasteiger partial charge on any atom is 0.215 e. The van der Waals surface area contributed by atoms with Gasteiger partial charge in [0.2, 0.25) is 5.88 Å². The van der Waals surface area contributed by atoms with Gasteiger partial charge in [0.05, 0.1) is 12.8 Å². The SMILES string of the molecule is CC1CCn2ncc(C(C)(C)C)c2OC1. The fourth-order valence-electron chi connectivity index (χ4n) is 1.85. The van der Waals surface area contributed by atoms with Crippen LogP contribution in [0, 0.1) is 5.92 Å². The largest absolute Gasteiger partial charge is 0.477 e. The number of hydrogen-bond acceptors (Lipinski definition) is 2. The summed E-state index contributed by atoms with van der Waals surface area (Å²) in [6.07, 6.45) is 3.10. The average molecular weight is 208 g/mol. The van der Waals surface area contributed by atoms with Gasteiger partial charge >= 0.3 is 0 Å². The first-order valence-corrected chi connectivity index (χ1v) is 5.67. The quantitative estimate of drug-likeness (QED) is 0.655. The molecule has 2 heterocycles. The van der Waals surface area contributed by atoms with Crippen molar-refractivity contribution in [1.82, 2.24) is 9.78 Å². The van der Waals surface area contributed by atoms with Crippen molar-refractivity contribution in [3.8, 4) is 5.88 Å². The Bertz CT molecular complexity index is 349. The minimum Gasteiger partial charge on any atom is -0.477 e. The smallest absolute Gasteiger partial charge is 0.215 e. The first kappa shape index (κ1) is 10.5. The molecule has 0 amide bonds. The minimum atomic E-state index is 0.112. The van der Waals surface area contributed by atoms with E-state index in [2.05, 4.69) is 32.8 Å². The van der Waals surface area contributed by atoms with E-state index in [9.17, 15) is 0 Å². The second-order valence-electron chi connectivity index (χ2n) is 5.54. The normalized spacial score (nSPS) is 21.7. The van der Waals surface area contributed by atoms with Crippen LogP contribution in [0.1, 0.15) is 39.7 Å². The summed E-state index contributed by atoms with van der Waals surface area (Å²) in [7, 11) is 0. The highest BCUT2D eigenvalue weighted by atomic mass is 16.5. The number of aromatic nitrogens is 2. The van der Waals surface area contributed by atoms with Crippen molar-refractivity contribution < 1.29 is 4.74 Å². The van der Waals surface area contributed by atoms with Crippen LogP contribution in [-0.2, 0) is 12.0 Å². The third-order valence-electron chi connectivity index (χ3n) is 2.94. The fourth-order valence-corrected chi connectivity index (χ4v) is 1.85. The van der Waals surface area contributed by atoms with E-state index in [4.69, 9.17) is 4.74 Å². The highest BCUT2D eigenvalue weighted by Gasteiger charge is 2.25. The van der Waals surface area contributed by atoms with Crippen LogP contribution in [-0.4, -0.2) is 16.4 Å². The van der Waals surface area contributed by atoms with Crippen molar-refractivity contribution in [3.05, 3.63) is 11.8 Å². The van der Waals surface area contributed by atoms with Crippen LogP contribution < -0.4 is 4.74 Å². The van der Waals surface area contributed by atoms with Crippen molar-refractivity contribution in [2.75, 3.05) is 6.61 Å². The Morgan fingerprint density at radius 2 is 2.20 bits per heavy atom. The van der Waals surface area contributed by atoms with E-state index in [1.807, 2.05) is 10.9 Å². The van der Waals surface area contributed by atoms with Crippen molar-refractivity contribution >= 4 is 0 Å². The van der Waals surface area contributed by atoms with E-state index in [-0.39, 0.29) is 5.41 Å². The molecule has 1 aliphatic rings. The predicted molar refractivity (Wildman–Crippen MR) is 60.2 cm³/mol. The van der Waals surface area contributed by atoms with Gasteiger partial charge in [-0.2, -0.15) is 5.10 Å². The molecule has 15 heavy (non-hydrogen) atoms. The van der Waals surface area contributed by atoms with Crippen LogP contribution >= 0.6 is 0 Å². The first-order chi connectivity index (χ1) is 6.98. The molecule has 0 aliphatic carbocycles. The van der Waals surface area contributed by atoms with Crippen molar-refractivity contribution in [2.24, 2.45) is 5.92 Å². The molecule has 0 aromatic carbocycles. The topological polar surface area (TPSA) is 27.1 Å². The molecule has 3 heteroatoms. The zero-order valence-corrected chi connectivity index (χ0v) is 10.1. The van der Waals surface area contributed by atoms with E-state index < -0.39 is 0 Å². The lowest BCUT2D eigenvalue weighted by Gasteiger charge is -2.18. The Hall–Kier alpha value is -0.990. The maximum absolute atomic E-state index is 5.86. The van der Waals surface area contributed by atoms with Gasteiger partial charge in [-0.15, -0.1) is 0 Å². The molecule has 2 rings (SSSR count). The Morgan fingerprint density at radius 1 is 1.47 bits per heavy atom. The molecule has 1 aromatic heterocycles. The Kier molecular flexibility index (Phi) is 2.49. The van der Waals surface area contributed by atoms with E-state index in [0.717, 1.165) is 25.5 Å². The monoisotopic (exact) mass is 208 g/mol. The highest BCUT2D eigenvalue weighted by molar-refractivity contribution is 5.31. The van der Waals surface area contributed by atoms with Gasteiger partial charge in [-0.05, 0) is 17.8 Å². The van der Waals surface area contributed by atoms with Crippen LogP contribution in [0.4, 0.5) is 0 Å². The standard InChI is InChI=1S/C12H20N2O/c1-9-5-6-14-11(15-8-9)10(7-13-14)12(2,3)4/h7,9H,5-6,8H2,1-4H3. The second kappa shape index (κ2) is 3.54. The summed E-state index contributed by atoms with van der Waals surface area (Å²) in [5.41, 5.74) is 1.33. The molecule has 1 aromatic rings. The number of hydrogen-bond donors (Lipinski definition) is 0. The molecule has 0 radical (unpaired) electrons. The molecule has 84 valence electrons.